The molecule has 6 heteroatoms. The number of morpholine rings is 1. The molecule has 0 unspecified atom stereocenters. The minimum absolute atomic E-state index is 0.00240. The van der Waals surface area contributed by atoms with Crippen molar-refractivity contribution in [3.05, 3.63) is 22.4 Å². The van der Waals surface area contributed by atoms with Crippen molar-refractivity contribution in [1.82, 2.24) is 14.8 Å². The highest BCUT2D eigenvalue weighted by molar-refractivity contribution is 9.10. The van der Waals surface area contributed by atoms with Gasteiger partial charge in [-0.2, -0.15) is 0 Å². The maximum Gasteiger partial charge on any atom is 0.267 e. The Morgan fingerprint density at radius 1 is 1.40 bits per heavy atom. The lowest BCUT2D eigenvalue weighted by atomic mass is 10.3. The fourth-order valence-corrected chi connectivity index (χ4v) is 2.80. The van der Waals surface area contributed by atoms with E-state index in [1.807, 2.05) is 16.8 Å². The number of nitrogens with one attached hydrogen (secondary N) is 1. The van der Waals surface area contributed by atoms with E-state index in [1.165, 1.54) is 0 Å². The lowest BCUT2D eigenvalue weighted by Crippen LogP contribution is -2.41. The summed E-state index contributed by atoms with van der Waals surface area (Å²) in [6, 6.07) is 1.87. The van der Waals surface area contributed by atoms with Gasteiger partial charge in [0.2, 0.25) is 0 Å². The summed E-state index contributed by atoms with van der Waals surface area (Å²) in [5.41, 5.74) is 0.723. The Bertz CT molecular complexity index is 442. The molecular formula is C14H22BrN3O2. The van der Waals surface area contributed by atoms with E-state index in [0.717, 1.165) is 56.0 Å². The van der Waals surface area contributed by atoms with Crippen LogP contribution in [0.3, 0.4) is 0 Å². The number of carbonyl (C=O) groups excluding carboxylic acids is 1. The Kier molecular flexibility index (Phi) is 6.06. The van der Waals surface area contributed by atoms with Crippen LogP contribution in [0.5, 0.6) is 0 Å². The average Bonchev–Trinajstić information content (AvgIpc) is 2.81. The minimum Gasteiger partial charge on any atom is -0.379 e. The summed E-state index contributed by atoms with van der Waals surface area (Å²) in [7, 11) is 0. The number of ether oxygens (including phenoxy) is 1. The van der Waals surface area contributed by atoms with Crippen molar-refractivity contribution >= 4 is 21.8 Å². The number of carbonyl (C=O) groups is 1. The predicted molar refractivity (Wildman–Crippen MR) is 82.0 cm³/mol. The van der Waals surface area contributed by atoms with Gasteiger partial charge in [-0.15, -0.1) is 0 Å². The van der Waals surface area contributed by atoms with Crippen molar-refractivity contribution in [3.63, 3.8) is 0 Å². The molecule has 0 atom stereocenters. The van der Waals surface area contributed by atoms with Gasteiger partial charge in [-0.3, -0.25) is 9.69 Å². The number of amides is 1. The largest absolute Gasteiger partial charge is 0.379 e. The molecule has 1 amide bonds. The van der Waals surface area contributed by atoms with Gasteiger partial charge in [0.15, 0.2) is 0 Å². The van der Waals surface area contributed by atoms with Crippen LogP contribution in [0.25, 0.3) is 0 Å². The quantitative estimate of drug-likeness (QED) is 0.855. The molecule has 1 aromatic rings. The second-order valence-electron chi connectivity index (χ2n) is 4.95. The molecule has 1 aliphatic heterocycles. The van der Waals surface area contributed by atoms with Crippen molar-refractivity contribution in [2.24, 2.45) is 0 Å². The van der Waals surface area contributed by atoms with Crippen LogP contribution in [0.2, 0.25) is 0 Å². The van der Waals surface area contributed by atoms with Crippen molar-refractivity contribution in [2.75, 3.05) is 39.4 Å². The molecule has 20 heavy (non-hydrogen) atoms. The first-order valence-electron chi connectivity index (χ1n) is 7.14. The third kappa shape index (κ3) is 4.33. The molecule has 1 fully saturated rings. The number of nitrogens with zero attached hydrogens (tertiary/aromatic N) is 2. The summed E-state index contributed by atoms with van der Waals surface area (Å²) in [5.74, 6) is -0.00240. The summed E-state index contributed by atoms with van der Waals surface area (Å²) in [5, 5.41) is 3.00. The van der Waals surface area contributed by atoms with Crippen LogP contribution in [-0.4, -0.2) is 54.8 Å². The van der Waals surface area contributed by atoms with Gasteiger partial charge in [0.1, 0.15) is 5.69 Å². The van der Waals surface area contributed by atoms with E-state index in [0.29, 0.717) is 6.54 Å². The summed E-state index contributed by atoms with van der Waals surface area (Å²) < 4.78 is 8.25. The number of hydrogen-bond acceptors (Lipinski definition) is 3. The molecule has 2 rings (SSSR count). The van der Waals surface area contributed by atoms with E-state index in [1.54, 1.807) is 0 Å². The van der Waals surface area contributed by atoms with Crippen LogP contribution in [0.1, 0.15) is 23.8 Å². The zero-order valence-corrected chi connectivity index (χ0v) is 13.5. The summed E-state index contributed by atoms with van der Waals surface area (Å²) in [6.07, 6.45) is 2.97. The van der Waals surface area contributed by atoms with Gasteiger partial charge in [0, 0.05) is 43.4 Å². The maximum atomic E-state index is 12.2. The third-order valence-electron chi connectivity index (χ3n) is 3.38. The van der Waals surface area contributed by atoms with E-state index in [-0.39, 0.29) is 5.91 Å². The highest BCUT2D eigenvalue weighted by Crippen LogP contribution is 2.15. The van der Waals surface area contributed by atoms with Crippen molar-refractivity contribution in [1.29, 1.82) is 0 Å². The lowest BCUT2D eigenvalue weighted by molar-refractivity contribution is 0.0383. The zero-order chi connectivity index (χ0) is 14.4. The molecule has 0 saturated carbocycles. The Hall–Kier alpha value is -0.850. The van der Waals surface area contributed by atoms with E-state index < -0.39 is 0 Å². The Morgan fingerprint density at radius 3 is 2.85 bits per heavy atom. The number of hydrogen-bond donors (Lipinski definition) is 1. The molecule has 1 aliphatic rings. The molecule has 112 valence electrons. The SMILES string of the molecule is CCCn1cc(Br)cc1C(=O)NCCN1CCOCC1. The Labute approximate surface area is 128 Å². The summed E-state index contributed by atoms with van der Waals surface area (Å²) >= 11 is 3.43. The number of halogens is 1. The van der Waals surface area contributed by atoms with E-state index in [4.69, 9.17) is 4.74 Å². The van der Waals surface area contributed by atoms with Gasteiger partial charge in [0.25, 0.3) is 5.91 Å². The monoisotopic (exact) mass is 343 g/mol. The van der Waals surface area contributed by atoms with E-state index in [2.05, 4.69) is 33.1 Å². The summed E-state index contributed by atoms with van der Waals surface area (Å²) in [4.78, 5) is 14.5. The molecular weight excluding hydrogens is 322 g/mol. The number of rotatable bonds is 6. The first-order chi connectivity index (χ1) is 9.70. The second kappa shape index (κ2) is 7.81. The summed E-state index contributed by atoms with van der Waals surface area (Å²) in [6.45, 7) is 8.01. The second-order valence-corrected chi connectivity index (χ2v) is 5.86. The zero-order valence-electron chi connectivity index (χ0n) is 11.9. The van der Waals surface area contributed by atoms with Gasteiger partial charge < -0.3 is 14.6 Å². The first kappa shape index (κ1) is 15.5. The van der Waals surface area contributed by atoms with Crippen LogP contribution in [-0.2, 0) is 11.3 Å². The first-order valence-corrected chi connectivity index (χ1v) is 7.94. The molecule has 0 spiro atoms. The van der Waals surface area contributed by atoms with Crippen molar-refractivity contribution in [2.45, 2.75) is 19.9 Å². The fraction of sp³-hybridized carbons (Fsp3) is 0.643. The minimum atomic E-state index is -0.00240. The normalized spacial score (nSPS) is 16.3. The molecule has 1 aromatic heterocycles. The lowest BCUT2D eigenvalue weighted by Gasteiger charge is -2.26. The van der Waals surface area contributed by atoms with Crippen LogP contribution in [0.15, 0.2) is 16.7 Å². The van der Waals surface area contributed by atoms with Crippen molar-refractivity contribution in [3.8, 4) is 0 Å². The van der Waals surface area contributed by atoms with E-state index >= 15 is 0 Å². The molecule has 1 saturated heterocycles. The van der Waals surface area contributed by atoms with Gasteiger partial charge in [0.05, 0.1) is 13.2 Å². The predicted octanol–water partition coefficient (Wildman–Crippen LogP) is 1.72. The molecule has 0 radical (unpaired) electrons. The topological polar surface area (TPSA) is 46.5 Å². The smallest absolute Gasteiger partial charge is 0.267 e. The van der Waals surface area contributed by atoms with E-state index in [9.17, 15) is 4.79 Å². The number of aromatic nitrogens is 1. The molecule has 1 N–H and O–H groups in total. The molecule has 0 aliphatic carbocycles. The van der Waals surface area contributed by atoms with Crippen LogP contribution < -0.4 is 5.32 Å². The van der Waals surface area contributed by atoms with Gasteiger partial charge in [-0.25, -0.2) is 0 Å². The van der Waals surface area contributed by atoms with Crippen LogP contribution in [0.4, 0.5) is 0 Å². The standard InChI is InChI=1S/C14H22BrN3O2/c1-2-4-18-11-12(15)10-13(18)14(19)16-3-5-17-6-8-20-9-7-17/h10-11H,2-9H2,1H3,(H,16,19). The van der Waals surface area contributed by atoms with Crippen molar-refractivity contribution < 1.29 is 9.53 Å². The molecule has 5 nitrogen and oxygen atoms in total. The Balaban J connectivity index is 1.81. The van der Waals surface area contributed by atoms with Gasteiger partial charge in [-0.1, -0.05) is 6.92 Å². The maximum absolute atomic E-state index is 12.2. The molecule has 0 bridgehead atoms. The van der Waals surface area contributed by atoms with Crippen LogP contribution >= 0.6 is 15.9 Å². The van der Waals surface area contributed by atoms with Crippen LogP contribution in [0, 0.1) is 0 Å². The molecule has 0 aromatic carbocycles. The Morgan fingerprint density at radius 2 is 2.15 bits per heavy atom. The highest BCUT2D eigenvalue weighted by atomic mass is 79.9. The fourth-order valence-electron chi connectivity index (χ4n) is 2.33. The average molecular weight is 344 g/mol. The van der Waals surface area contributed by atoms with Gasteiger partial charge >= 0.3 is 0 Å². The highest BCUT2D eigenvalue weighted by Gasteiger charge is 2.14. The molecule has 2 heterocycles. The van der Waals surface area contributed by atoms with Gasteiger partial charge in [-0.05, 0) is 28.4 Å². The third-order valence-corrected chi connectivity index (χ3v) is 3.81. The number of aryl methyl sites for hydroxylation is 1.